The molecule has 0 aliphatic carbocycles. The second-order valence-electron chi connectivity index (χ2n) is 4.51. The first-order valence-electron chi connectivity index (χ1n) is 5.86. The summed E-state index contributed by atoms with van der Waals surface area (Å²) in [6.07, 6.45) is 5.19. The molecule has 0 amide bonds. The topological polar surface area (TPSA) is 12.0 Å². The lowest BCUT2D eigenvalue weighted by molar-refractivity contribution is 0.371. The van der Waals surface area contributed by atoms with Gasteiger partial charge in [-0.1, -0.05) is 33.6 Å². The fourth-order valence-electron chi connectivity index (χ4n) is 1.84. The van der Waals surface area contributed by atoms with E-state index in [1.54, 1.807) is 0 Å². The second kappa shape index (κ2) is 7.37. The van der Waals surface area contributed by atoms with E-state index in [0.29, 0.717) is 12.1 Å². The van der Waals surface area contributed by atoms with Crippen LogP contribution in [0.15, 0.2) is 0 Å². The van der Waals surface area contributed by atoms with Crippen molar-refractivity contribution in [1.82, 2.24) is 5.32 Å². The number of hydrogen-bond acceptors (Lipinski definition) is 1. The third-order valence-corrected chi connectivity index (χ3v) is 2.74. The van der Waals surface area contributed by atoms with Crippen LogP contribution in [0.2, 0.25) is 0 Å². The quantitative estimate of drug-likeness (QED) is 0.639. The van der Waals surface area contributed by atoms with Crippen molar-refractivity contribution >= 4 is 0 Å². The van der Waals surface area contributed by atoms with E-state index in [2.05, 4.69) is 39.9 Å². The van der Waals surface area contributed by atoms with Gasteiger partial charge in [0.2, 0.25) is 0 Å². The molecule has 0 spiro atoms. The monoisotopic (exact) mass is 185 g/mol. The molecule has 1 N–H and O–H groups in total. The summed E-state index contributed by atoms with van der Waals surface area (Å²) in [7, 11) is 0. The van der Waals surface area contributed by atoms with Crippen LogP contribution < -0.4 is 5.32 Å². The van der Waals surface area contributed by atoms with Crippen molar-refractivity contribution < 1.29 is 0 Å². The first-order chi connectivity index (χ1) is 6.10. The lowest BCUT2D eigenvalue weighted by Gasteiger charge is -2.21. The Bertz CT molecular complexity index is 112. The van der Waals surface area contributed by atoms with Gasteiger partial charge in [-0.05, 0) is 32.6 Å². The Morgan fingerprint density at radius 3 is 2.08 bits per heavy atom. The van der Waals surface area contributed by atoms with Gasteiger partial charge < -0.3 is 5.32 Å². The predicted molar refractivity (Wildman–Crippen MR) is 61.0 cm³/mol. The van der Waals surface area contributed by atoms with Crippen molar-refractivity contribution in [3.63, 3.8) is 0 Å². The smallest absolute Gasteiger partial charge is 0.00437 e. The van der Waals surface area contributed by atoms with E-state index in [1.807, 2.05) is 0 Å². The average Bonchev–Trinajstić information content (AvgIpc) is 2.04. The van der Waals surface area contributed by atoms with Crippen LogP contribution in [-0.4, -0.2) is 12.1 Å². The van der Waals surface area contributed by atoms with E-state index in [-0.39, 0.29) is 0 Å². The summed E-state index contributed by atoms with van der Waals surface area (Å²) < 4.78 is 0. The maximum absolute atomic E-state index is 3.65. The molecule has 0 aliphatic heterocycles. The van der Waals surface area contributed by atoms with Crippen LogP contribution in [0.25, 0.3) is 0 Å². The number of hydrogen-bond donors (Lipinski definition) is 1. The first kappa shape index (κ1) is 13.0. The zero-order chi connectivity index (χ0) is 10.3. The highest BCUT2D eigenvalue weighted by Gasteiger charge is 2.09. The largest absolute Gasteiger partial charge is 0.312 e. The van der Waals surface area contributed by atoms with Crippen LogP contribution in [0, 0.1) is 5.92 Å². The Morgan fingerprint density at radius 2 is 1.62 bits per heavy atom. The molecule has 0 bridgehead atoms. The fourth-order valence-corrected chi connectivity index (χ4v) is 1.84. The van der Waals surface area contributed by atoms with Gasteiger partial charge in [0.1, 0.15) is 0 Å². The molecule has 0 rings (SSSR count). The van der Waals surface area contributed by atoms with Gasteiger partial charge in [0, 0.05) is 12.1 Å². The average molecular weight is 185 g/mol. The van der Waals surface area contributed by atoms with Crippen LogP contribution in [0.1, 0.15) is 60.3 Å². The van der Waals surface area contributed by atoms with Crippen molar-refractivity contribution in [2.45, 2.75) is 72.4 Å². The van der Waals surface area contributed by atoms with Crippen LogP contribution in [0.5, 0.6) is 0 Å². The molecule has 3 atom stereocenters. The van der Waals surface area contributed by atoms with Crippen molar-refractivity contribution in [1.29, 1.82) is 0 Å². The maximum Gasteiger partial charge on any atom is 0.00437 e. The molecule has 0 heterocycles. The summed E-state index contributed by atoms with van der Waals surface area (Å²) in [5, 5.41) is 3.65. The molecule has 0 fully saturated rings. The Labute approximate surface area is 84.3 Å². The number of nitrogens with one attached hydrogen (secondary N) is 1. The van der Waals surface area contributed by atoms with E-state index in [0.717, 1.165) is 5.92 Å². The van der Waals surface area contributed by atoms with E-state index in [1.165, 1.54) is 25.7 Å². The van der Waals surface area contributed by atoms with Gasteiger partial charge in [-0.15, -0.1) is 0 Å². The SMILES string of the molecule is CCCC(C)NC(C)CC(C)CC. The molecular formula is C12H27N. The molecule has 0 aromatic heterocycles. The van der Waals surface area contributed by atoms with E-state index < -0.39 is 0 Å². The van der Waals surface area contributed by atoms with Crippen molar-refractivity contribution in [3.8, 4) is 0 Å². The van der Waals surface area contributed by atoms with Gasteiger partial charge in [0.25, 0.3) is 0 Å². The van der Waals surface area contributed by atoms with E-state index in [9.17, 15) is 0 Å². The highest BCUT2D eigenvalue weighted by Crippen LogP contribution is 2.10. The molecule has 1 heteroatoms. The van der Waals surface area contributed by atoms with Crippen LogP contribution in [-0.2, 0) is 0 Å². The Hall–Kier alpha value is -0.0400. The highest BCUT2D eigenvalue weighted by molar-refractivity contribution is 4.69. The summed E-state index contributed by atoms with van der Waals surface area (Å²) in [6, 6.07) is 1.36. The van der Waals surface area contributed by atoms with E-state index in [4.69, 9.17) is 0 Å². The molecule has 0 aliphatic rings. The minimum absolute atomic E-state index is 0.677. The van der Waals surface area contributed by atoms with Crippen LogP contribution in [0.4, 0.5) is 0 Å². The molecule has 0 saturated carbocycles. The molecular weight excluding hydrogens is 158 g/mol. The summed E-state index contributed by atoms with van der Waals surface area (Å²) in [5.41, 5.74) is 0. The zero-order valence-corrected chi connectivity index (χ0v) is 10.1. The summed E-state index contributed by atoms with van der Waals surface area (Å²) in [5.74, 6) is 0.858. The van der Waals surface area contributed by atoms with Crippen LogP contribution >= 0.6 is 0 Å². The molecule has 0 saturated heterocycles. The fraction of sp³-hybridized carbons (Fsp3) is 1.00. The van der Waals surface area contributed by atoms with Gasteiger partial charge in [0.15, 0.2) is 0 Å². The first-order valence-corrected chi connectivity index (χ1v) is 5.86. The third kappa shape index (κ3) is 7.06. The minimum Gasteiger partial charge on any atom is -0.312 e. The van der Waals surface area contributed by atoms with Gasteiger partial charge in [-0.25, -0.2) is 0 Å². The molecule has 3 unspecified atom stereocenters. The lowest BCUT2D eigenvalue weighted by Crippen LogP contribution is -2.35. The van der Waals surface area contributed by atoms with E-state index >= 15 is 0 Å². The Morgan fingerprint density at radius 1 is 1.00 bits per heavy atom. The second-order valence-corrected chi connectivity index (χ2v) is 4.51. The normalized spacial score (nSPS) is 18.2. The van der Waals surface area contributed by atoms with Crippen LogP contribution in [0.3, 0.4) is 0 Å². The van der Waals surface area contributed by atoms with Crippen molar-refractivity contribution in [2.75, 3.05) is 0 Å². The summed E-state index contributed by atoms with van der Waals surface area (Å²) in [6.45, 7) is 11.4. The standard InChI is InChI=1S/C12H27N/c1-6-8-11(4)13-12(5)9-10(3)7-2/h10-13H,6-9H2,1-5H3. The van der Waals surface area contributed by atoms with Gasteiger partial charge in [-0.2, -0.15) is 0 Å². The Kier molecular flexibility index (Phi) is 7.35. The van der Waals surface area contributed by atoms with Crippen molar-refractivity contribution in [2.24, 2.45) is 5.92 Å². The van der Waals surface area contributed by atoms with Gasteiger partial charge in [-0.3, -0.25) is 0 Å². The zero-order valence-electron chi connectivity index (χ0n) is 10.1. The third-order valence-electron chi connectivity index (χ3n) is 2.74. The Balaban J connectivity index is 3.54. The lowest BCUT2D eigenvalue weighted by atomic mass is 9.99. The molecule has 13 heavy (non-hydrogen) atoms. The number of rotatable bonds is 7. The minimum atomic E-state index is 0.677. The van der Waals surface area contributed by atoms with Gasteiger partial charge >= 0.3 is 0 Å². The molecule has 0 aromatic rings. The summed E-state index contributed by atoms with van der Waals surface area (Å²) in [4.78, 5) is 0. The molecule has 80 valence electrons. The summed E-state index contributed by atoms with van der Waals surface area (Å²) >= 11 is 0. The highest BCUT2D eigenvalue weighted by atomic mass is 14.9. The molecule has 1 nitrogen and oxygen atoms in total. The predicted octanol–water partition coefficient (Wildman–Crippen LogP) is 3.59. The maximum atomic E-state index is 3.65. The van der Waals surface area contributed by atoms with Crippen molar-refractivity contribution in [3.05, 3.63) is 0 Å². The molecule has 0 aromatic carbocycles. The molecule has 0 radical (unpaired) electrons. The van der Waals surface area contributed by atoms with Gasteiger partial charge in [0.05, 0.1) is 0 Å².